The van der Waals surface area contributed by atoms with Crippen LogP contribution >= 0.6 is 0 Å². The highest BCUT2D eigenvalue weighted by atomic mass is 32.2. The maximum Gasteiger partial charge on any atom is 0.257 e. The van der Waals surface area contributed by atoms with Gasteiger partial charge in [-0.3, -0.25) is 9.69 Å². The van der Waals surface area contributed by atoms with Gasteiger partial charge in [-0.15, -0.1) is 0 Å². The molecule has 0 bridgehead atoms. The SMILES string of the molecule is COc1cccc(OCC(=O)NCCN2CCN(S(C)(=O)=O)CC2)c1. The van der Waals surface area contributed by atoms with Crippen LogP contribution in [0.5, 0.6) is 11.5 Å². The van der Waals surface area contributed by atoms with Crippen LogP contribution in [0.3, 0.4) is 0 Å². The molecule has 0 aliphatic carbocycles. The number of nitrogens with zero attached hydrogens (tertiary/aromatic N) is 2. The Balaban J connectivity index is 1.63. The number of benzene rings is 1. The molecular weight excluding hydrogens is 346 g/mol. The smallest absolute Gasteiger partial charge is 0.257 e. The van der Waals surface area contributed by atoms with Crippen molar-refractivity contribution in [2.24, 2.45) is 0 Å². The molecular formula is C16H25N3O5S. The fourth-order valence-corrected chi connectivity index (χ4v) is 3.36. The van der Waals surface area contributed by atoms with Crippen molar-refractivity contribution >= 4 is 15.9 Å². The Labute approximate surface area is 148 Å². The van der Waals surface area contributed by atoms with E-state index in [0.29, 0.717) is 50.8 Å². The van der Waals surface area contributed by atoms with E-state index >= 15 is 0 Å². The Morgan fingerprint density at radius 2 is 1.88 bits per heavy atom. The molecule has 0 aromatic heterocycles. The summed E-state index contributed by atoms with van der Waals surface area (Å²) in [6.45, 7) is 3.45. The van der Waals surface area contributed by atoms with Crippen molar-refractivity contribution in [2.45, 2.75) is 0 Å². The summed E-state index contributed by atoms with van der Waals surface area (Å²) in [7, 11) is -1.54. The number of carbonyl (C=O) groups excluding carboxylic acids is 1. The number of ether oxygens (including phenoxy) is 2. The molecule has 1 aliphatic rings. The van der Waals surface area contributed by atoms with Gasteiger partial charge in [0.05, 0.1) is 13.4 Å². The minimum absolute atomic E-state index is 0.0605. The van der Waals surface area contributed by atoms with E-state index in [1.165, 1.54) is 10.6 Å². The van der Waals surface area contributed by atoms with Gasteiger partial charge >= 0.3 is 0 Å². The van der Waals surface area contributed by atoms with E-state index in [9.17, 15) is 13.2 Å². The number of nitrogens with one attached hydrogen (secondary N) is 1. The fourth-order valence-electron chi connectivity index (χ4n) is 2.53. The van der Waals surface area contributed by atoms with Crippen LogP contribution in [0.2, 0.25) is 0 Å². The van der Waals surface area contributed by atoms with Crippen LogP contribution in [-0.2, 0) is 14.8 Å². The summed E-state index contributed by atoms with van der Waals surface area (Å²) in [4.78, 5) is 14.0. The van der Waals surface area contributed by atoms with Gasteiger partial charge in [0.2, 0.25) is 10.0 Å². The highest BCUT2D eigenvalue weighted by Crippen LogP contribution is 2.18. The van der Waals surface area contributed by atoms with E-state index < -0.39 is 10.0 Å². The first-order chi connectivity index (χ1) is 11.9. The van der Waals surface area contributed by atoms with Crippen LogP contribution in [0.1, 0.15) is 0 Å². The topological polar surface area (TPSA) is 88.2 Å². The summed E-state index contributed by atoms with van der Waals surface area (Å²) in [5.74, 6) is 1.05. The van der Waals surface area contributed by atoms with Crippen molar-refractivity contribution in [3.05, 3.63) is 24.3 Å². The zero-order chi connectivity index (χ0) is 18.3. The van der Waals surface area contributed by atoms with Gasteiger partial charge in [0.15, 0.2) is 6.61 Å². The molecule has 1 N–H and O–H groups in total. The number of amides is 1. The van der Waals surface area contributed by atoms with Crippen molar-refractivity contribution < 1.29 is 22.7 Å². The molecule has 140 valence electrons. The molecule has 2 rings (SSSR count). The molecule has 1 aromatic carbocycles. The quantitative estimate of drug-likeness (QED) is 0.679. The minimum atomic E-state index is -3.11. The van der Waals surface area contributed by atoms with E-state index in [1.54, 1.807) is 31.4 Å². The lowest BCUT2D eigenvalue weighted by Gasteiger charge is -2.33. The fraction of sp³-hybridized carbons (Fsp3) is 0.562. The van der Waals surface area contributed by atoms with Gasteiger partial charge in [0.1, 0.15) is 11.5 Å². The normalized spacial score (nSPS) is 16.4. The van der Waals surface area contributed by atoms with E-state index in [2.05, 4.69) is 10.2 Å². The van der Waals surface area contributed by atoms with Gasteiger partial charge in [0.25, 0.3) is 5.91 Å². The highest BCUT2D eigenvalue weighted by molar-refractivity contribution is 7.88. The second-order valence-corrected chi connectivity index (χ2v) is 7.80. The molecule has 1 amide bonds. The number of sulfonamides is 1. The van der Waals surface area contributed by atoms with Gasteiger partial charge < -0.3 is 14.8 Å². The summed E-state index contributed by atoms with van der Waals surface area (Å²) < 4.78 is 34.9. The number of carbonyl (C=O) groups is 1. The first-order valence-electron chi connectivity index (χ1n) is 8.09. The second kappa shape index (κ2) is 9.02. The lowest BCUT2D eigenvalue weighted by molar-refractivity contribution is -0.123. The molecule has 1 heterocycles. The number of piperazine rings is 1. The lowest BCUT2D eigenvalue weighted by Crippen LogP contribution is -2.50. The van der Waals surface area contributed by atoms with Crippen molar-refractivity contribution in [1.29, 1.82) is 0 Å². The third-order valence-electron chi connectivity index (χ3n) is 3.96. The molecule has 9 heteroatoms. The standard InChI is InChI=1S/C16H25N3O5S/c1-23-14-4-3-5-15(12-14)24-13-16(20)17-6-7-18-8-10-19(11-9-18)25(2,21)22/h3-5,12H,6-11,13H2,1-2H3,(H,17,20). The largest absolute Gasteiger partial charge is 0.497 e. The number of rotatable bonds is 8. The van der Waals surface area contributed by atoms with Crippen LogP contribution < -0.4 is 14.8 Å². The maximum absolute atomic E-state index is 11.8. The van der Waals surface area contributed by atoms with Gasteiger partial charge in [-0.1, -0.05) is 6.07 Å². The molecule has 0 radical (unpaired) electrons. The van der Waals surface area contributed by atoms with Crippen molar-refractivity contribution in [2.75, 3.05) is 59.2 Å². The molecule has 0 spiro atoms. The third kappa shape index (κ3) is 6.52. The Kier molecular flexibility index (Phi) is 7.03. The summed E-state index contributed by atoms with van der Waals surface area (Å²) in [6, 6.07) is 7.07. The first kappa shape index (κ1) is 19.5. The minimum Gasteiger partial charge on any atom is -0.497 e. The molecule has 1 aromatic rings. The van der Waals surface area contributed by atoms with E-state index in [-0.39, 0.29) is 12.5 Å². The van der Waals surface area contributed by atoms with Gasteiger partial charge in [-0.25, -0.2) is 8.42 Å². The van der Waals surface area contributed by atoms with Gasteiger partial charge in [0, 0.05) is 45.3 Å². The molecule has 1 aliphatic heterocycles. The van der Waals surface area contributed by atoms with Gasteiger partial charge in [-0.05, 0) is 12.1 Å². The van der Waals surface area contributed by atoms with E-state index in [4.69, 9.17) is 9.47 Å². The van der Waals surface area contributed by atoms with Crippen molar-refractivity contribution in [3.63, 3.8) is 0 Å². The zero-order valence-electron chi connectivity index (χ0n) is 14.6. The molecule has 0 unspecified atom stereocenters. The molecule has 0 saturated carbocycles. The maximum atomic E-state index is 11.8. The van der Waals surface area contributed by atoms with Crippen LogP contribution in [0.15, 0.2) is 24.3 Å². The predicted octanol–water partition coefficient (Wildman–Crippen LogP) is -0.233. The Hall–Kier alpha value is -1.84. The Bertz CT molecular complexity index is 672. The summed E-state index contributed by atoms with van der Waals surface area (Å²) >= 11 is 0. The van der Waals surface area contributed by atoms with E-state index in [1.807, 2.05) is 0 Å². The average Bonchev–Trinajstić information content (AvgIpc) is 2.60. The van der Waals surface area contributed by atoms with Crippen molar-refractivity contribution in [3.8, 4) is 11.5 Å². The summed E-state index contributed by atoms with van der Waals surface area (Å²) in [6.07, 6.45) is 1.23. The predicted molar refractivity (Wildman–Crippen MR) is 94.4 cm³/mol. The monoisotopic (exact) mass is 371 g/mol. The Morgan fingerprint density at radius 3 is 2.52 bits per heavy atom. The molecule has 25 heavy (non-hydrogen) atoms. The summed E-state index contributed by atoms with van der Waals surface area (Å²) in [5.41, 5.74) is 0. The first-order valence-corrected chi connectivity index (χ1v) is 9.94. The van der Waals surface area contributed by atoms with E-state index in [0.717, 1.165) is 0 Å². The van der Waals surface area contributed by atoms with Crippen LogP contribution in [0.25, 0.3) is 0 Å². The summed E-state index contributed by atoms with van der Waals surface area (Å²) in [5, 5.41) is 2.80. The molecule has 8 nitrogen and oxygen atoms in total. The van der Waals surface area contributed by atoms with Crippen LogP contribution in [0.4, 0.5) is 0 Å². The highest BCUT2D eigenvalue weighted by Gasteiger charge is 2.22. The Morgan fingerprint density at radius 1 is 1.20 bits per heavy atom. The molecule has 1 saturated heterocycles. The van der Waals surface area contributed by atoms with Crippen LogP contribution in [-0.4, -0.2) is 82.8 Å². The number of methoxy groups -OCH3 is 1. The number of hydrogen-bond acceptors (Lipinski definition) is 6. The molecule has 1 fully saturated rings. The molecule has 0 atom stereocenters. The van der Waals surface area contributed by atoms with Crippen LogP contribution in [0, 0.1) is 0 Å². The van der Waals surface area contributed by atoms with Crippen molar-refractivity contribution in [1.82, 2.24) is 14.5 Å². The average molecular weight is 371 g/mol. The third-order valence-corrected chi connectivity index (χ3v) is 5.26. The van der Waals surface area contributed by atoms with Gasteiger partial charge in [-0.2, -0.15) is 4.31 Å². The number of hydrogen-bond donors (Lipinski definition) is 1. The zero-order valence-corrected chi connectivity index (χ0v) is 15.4. The second-order valence-electron chi connectivity index (χ2n) is 5.82. The lowest BCUT2D eigenvalue weighted by atomic mass is 10.3.